The second-order valence-corrected chi connectivity index (χ2v) is 6.57. The van der Waals surface area contributed by atoms with E-state index >= 15 is 0 Å². The zero-order valence-electron chi connectivity index (χ0n) is 12.2. The van der Waals surface area contributed by atoms with Gasteiger partial charge in [0.1, 0.15) is 0 Å². The van der Waals surface area contributed by atoms with E-state index in [2.05, 4.69) is 10.0 Å². The van der Waals surface area contributed by atoms with Gasteiger partial charge in [-0.1, -0.05) is 48.5 Å². The standard InChI is InChI=1S/C16H20N2O2S/c1-13(14-8-4-3-5-9-14)18-21(19,20)16-11-7-6-10-15(16)12-17-2/h3-11,13,17-18H,12H2,1-2H3. The summed E-state index contributed by atoms with van der Waals surface area (Å²) in [5, 5.41) is 2.99. The fraction of sp³-hybridized carbons (Fsp3) is 0.250. The summed E-state index contributed by atoms with van der Waals surface area (Å²) in [6, 6.07) is 16.3. The van der Waals surface area contributed by atoms with Crippen LogP contribution >= 0.6 is 0 Å². The summed E-state index contributed by atoms with van der Waals surface area (Å²) < 4.78 is 27.9. The van der Waals surface area contributed by atoms with Gasteiger partial charge in [0, 0.05) is 12.6 Å². The average molecular weight is 304 g/mol. The molecule has 2 aromatic carbocycles. The molecule has 0 heterocycles. The van der Waals surface area contributed by atoms with E-state index < -0.39 is 10.0 Å². The van der Waals surface area contributed by atoms with Gasteiger partial charge >= 0.3 is 0 Å². The summed E-state index contributed by atoms with van der Waals surface area (Å²) in [6.45, 7) is 2.35. The number of nitrogens with one attached hydrogen (secondary N) is 2. The molecule has 0 aromatic heterocycles. The summed E-state index contributed by atoms with van der Waals surface area (Å²) >= 11 is 0. The maximum absolute atomic E-state index is 12.6. The molecule has 0 aliphatic rings. The quantitative estimate of drug-likeness (QED) is 0.862. The fourth-order valence-electron chi connectivity index (χ4n) is 2.21. The van der Waals surface area contributed by atoms with Crippen LogP contribution in [0.15, 0.2) is 59.5 Å². The smallest absolute Gasteiger partial charge is 0.241 e. The van der Waals surface area contributed by atoms with Crippen molar-refractivity contribution in [1.82, 2.24) is 10.0 Å². The molecule has 112 valence electrons. The summed E-state index contributed by atoms with van der Waals surface area (Å²) in [6.07, 6.45) is 0. The second-order valence-electron chi connectivity index (χ2n) is 4.89. The van der Waals surface area contributed by atoms with Gasteiger partial charge in [-0.2, -0.15) is 0 Å². The van der Waals surface area contributed by atoms with E-state index in [1.54, 1.807) is 19.2 Å². The summed E-state index contributed by atoms with van der Waals surface area (Å²) in [5.74, 6) is 0. The second kappa shape index (κ2) is 6.85. The van der Waals surface area contributed by atoms with E-state index in [0.29, 0.717) is 11.4 Å². The van der Waals surface area contributed by atoms with Crippen molar-refractivity contribution in [2.45, 2.75) is 24.4 Å². The van der Waals surface area contributed by atoms with Gasteiger partial charge in [0.15, 0.2) is 0 Å². The predicted molar refractivity (Wildman–Crippen MR) is 84.4 cm³/mol. The van der Waals surface area contributed by atoms with Crippen LogP contribution in [-0.2, 0) is 16.6 Å². The molecule has 4 nitrogen and oxygen atoms in total. The lowest BCUT2D eigenvalue weighted by Crippen LogP contribution is -2.28. The molecule has 0 bridgehead atoms. The number of hydrogen-bond donors (Lipinski definition) is 2. The Morgan fingerprint density at radius 3 is 2.29 bits per heavy atom. The van der Waals surface area contributed by atoms with Crippen LogP contribution in [0.25, 0.3) is 0 Å². The largest absolute Gasteiger partial charge is 0.316 e. The highest BCUT2D eigenvalue weighted by Crippen LogP contribution is 2.19. The number of hydrogen-bond acceptors (Lipinski definition) is 3. The molecule has 0 saturated carbocycles. The van der Waals surface area contributed by atoms with Crippen molar-refractivity contribution >= 4 is 10.0 Å². The van der Waals surface area contributed by atoms with Crippen LogP contribution < -0.4 is 10.0 Å². The van der Waals surface area contributed by atoms with E-state index in [9.17, 15) is 8.42 Å². The zero-order chi connectivity index (χ0) is 15.3. The number of benzene rings is 2. The normalized spacial score (nSPS) is 13.0. The molecule has 0 radical (unpaired) electrons. The summed E-state index contributed by atoms with van der Waals surface area (Å²) in [7, 11) is -1.76. The fourth-order valence-corrected chi connectivity index (χ4v) is 3.68. The van der Waals surface area contributed by atoms with Crippen LogP contribution in [0.1, 0.15) is 24.1 Å². The molecule has 0 saturated heterocycles. The lowest BCUT2D eigenvalue weighted by molar-refractivity contribution is 0.565. The van der Waals surface area contributed by atoms with Crippen molar-refractivity contribution in [1.29, 1.82) is 0 Å². The van der Waals surface area contributed by atoms with E-state index in [1.807, 2.05) is 49.4 Å². The maximum atomic E-state index is 12.6. The Kier molecular flexibility index (Phi) is 5.12. The van der Waals surface area contributed by atoms with Gasteiger partial charge in [0.25, 0.3) is 0 Å². The maximum Gasteiger partial charge on any atom is 0.241 e. The molecule has 21 heavy (non-hydrogen) atoms. The number of sulfonamides is 1. The Hall–Kier alpha value is -1.69. The van der Waals surface area contributed by atoms with Crippen molar-refractivity contribution in [2.24, 2.45) is 0 Å². The molecule has 2 rings (SSSR count). The minimum atomic E-state index is -3.55. The molecule has 1 unspecified atom stereocenters. The first kappa shape index (κ1) is 15.7. The third-order valence-electron chi connectivity index (χ3n) is 3.26. The Morgan fingerprint density at radius 2 is 1.62 bits per heavy atom. The molecular formula is C16H20N2O2S. The first-order valence-electron chi connectivity index (χ1n) is 6.84. The third kappa shape index (κ3) is 3.91. The van der Waals surface area contributed by atoms with Crippen LogP contribution in [0.2, 0.25) is 0 Å². The summed E-state index contributed by atoms with van der Waals surface area (Å²) in [5.41, 5.74) is 1.69. The Morgan fingerprint density at radius 1 is 1.00 bits per heavy atom. The predicted octanol–water partition coefficient (Wildman–Crippen LogP) is 2.45. The molecule has 0 aliphatic carbocycles. The minimum absolute atomic E-state index is 0.279. The lowest BCUT2D eigenvalue weighted by atomic mass is 10.1. The highest BCUT2D eigenvalue weighted by atomic mass is 32.2. The van der Waals surface area contributed by atoms with Crippen LogP contribution in [0.3, 0.4) is 0 Å². The zero-order valence-corrected chi connectivity index (χ0v) is 13.0. The first-order valence-corrected chi connectivity index (χ1v) is 8.32. The van der Waals surface area contributed by atoms with E-state index in [-0.39, 0.29) is 6.04 Å². The van der Waals surface area contributed by atoms with E-state index in [4.69, 9.17) is 0 Å². The highest BCUT2D eigenvalue weighted by Gasteiger charge is 2.20. The van der Waals surface area contributed by atoms with E-state index in [0.717, 1.165) is 11.1 Å². The van der Waals surface area contributed by atoms with Crippen molar-refractivity contribution in [3.63, 3.8) is 0 Å². The first-order chi connectivity index (χ1) is 10.0. The van der Waals surface area contributed by atoms with Crippen molar-refractivity contribution in [3.8, 4) is 0 Å². The Balaban J connectivity index is 2.27. The molecule has 0 spiro atoms. The SMILES string of the molecule is CNCc1ccccc1S(=O)(=O)NC(C)c1ccccc1. The minimum Gasteiger partial charge on any atom is -0.316 e. The lowest BCUT2D eigenvalue weighted by Gasteiger charge is -2.16. The number of rotatable bonds is 6. The third-order valence-corrected chi connectivity index (χ3v) is 4.90. The van der Waals surface area contributed by atoms with Crippen LogP contribution in [0.4, 0.5) is 0 Å². The molecule has 1 atom stereocenters. The van der Waals surface area contributed by atoms with Gasteiger partial charge in [0.2, 0.25) is 10.0 Å². The average Bonchev–Trinajstić information content (AvgIpc) is 2.48. The van der Waals surface area contributed by atoms with Gasteiger partial charge in [0.05, 0.1) is 4.90 Å². The summed E-state index contributed by atoms with van der Waals surface area (Å²) in [4.78, 5) is 0.321. The topological polar surface area (TPSA) is 58.2 Å². The highest BCUT2D eigenvalue weighted by molar-refractivity contribution is 7.89. The molecule has 0 aliphatic heterocycles. The van der Waals surface area contributed by atoms with Gasteiger partial charge in [-0.05, 0) is 31.2 Å². The Bertz CT molecular complexity index is 684. The van der Waals surface area contributed by atoms with Crippen LogP contribution in [-0.4, -0.2) is 15.5 Å². The molecule has 0 amide bonds. The van der Waals surface area contributed by atoms with E-state index in [1.165, 1.54) is 0 Å². The van der Waals surface area contributed by atoms with Gasteiger partial charge in [-0.25, -0.2) is 13.1 Å². The van der Waals surface area contributed by atoms with Gasteiger partial charge in [-0.3, -0.25) is 0 Å². The molecule has 2 N–H and O–H groups in total. The van der Waals surface area contributed by atoms with Gasteiger partial charge < -0.3 is 5.32 Å². The van der Waals surface area contributed by atoms with Crippen molar-refractivity contribution < 1.29 is 8.42 Å². The molecule has 2 aromatic rings. The van der Waals surface area contributed by atoms with Crippen LogP contribution in [0, 0.1) is 0 Å². The van der Waals surface area contributed by atoms with Crippen molar-refractivity contribution in [3.05, 3.63) is 65.7 Å². The monoisotopic (exact) mass is 304 g/mol. The Labute approximate surface area is 126 Å². The molecule has 5 heteroatoms. The molecular weight excluding hydrogens is 284 g/mol. The molecule has 0 fully saturated rings. The van der Waals surface area contributed by atoms with Gasteiger partial charge in [-0.15, -0.1) is 0 Å². The van der Waals surface area contributed by atoms with Crippen molar-refractivity contribution in [2.75, 3.05) is 7.05 Å². The van der Waals surface area contributed by atoms with Crippen LogP contribution in [0.5, 0.6) is 0 Å².